The number of carbonyl (C=O) groups excluding carboxylic acids is 1. The second kappa shape index (κ2) is 6.71. The quantitative estimate of drug-likeness (QED) is 0.853. The number of hydrogen-bond donors (Lipinski definition) is 2. The lowest BCUT2D eigenvalue weighted by Gasteiger charge is -2.36. The molecular formula is C16H24N2O. The minimum absolute atomic E-state index is 0.101. The van der Waals surface area contributed by atoms with Crippen molar-refractivity contribution < 1.29 is 4.79 Å². The maximum Gasteiger partial charge on any atom is 0.224 e. The number of amides is 1. The third-order valence-corrected chi connectivity index (χ3v) is 4.22. The molecule has 0 aliphatic heterocycles. The Morgan fingerprint density at radius 3 is 2.47 bits per heavy atom. The summed E-state index contributed by atoms with van der Waals surface area (Å²) in [6.07, 6.45) is 6.54. The van der Waals surface area contributed by atoms with Crippen LogP contribution >= 0.6 is 0 Å². The van der Waals surface area contributed by atoms with Crippen molar-refractivity contribution in [3.8, 4) is 0 Å². The number of nitrogens with two attached hydrogens (primary N) is 1. The lowest BCUT2D eigenvalue weighted by molar-refractivity contribution is -0.121. The van der Waals surface area contributed by atoms with Crippen LogP contribution in [0.15, 0.2) is 30.3 Å². The topological polar surface area (TPSA) is 55.1 Å². The van der Waals surface area contributed by atoms with E-state index in [1.165, 1.54) is 19.3 Å². The zero-order valence-electron chi connectivity index (χ0n) is 11.5. The molecular weight excluding hydrogens is 236 g/mol. The average molecular weight is 260 g/mol. The summed E-state index contributed by atoms with van der Waals surface area (Å²) < 4.78 is 0. The molecule has 0 aromatic heterocycles. The lowest BCUT2D eigenvalue weighted by atomic mass is 9.74. The van der Waals surface area contributed by atoms with Gasteiger partial charge in [0, 0.05) is 6.54 Å². The Bertz CT molecular complexity index is 396. The van der Waals surface area contributed by atoms with Crippen molar-refractivity contribution in [3.05, 3.63) is 35.9 Å². The van der Waals surface area contributed by atoms with Gasteiger partial charge in [0.2, 0.25) is 5.91 Å². The van der Waals surface area contributed by atoms with Gasteiger partial charge in [0.1, 0.15) is 0 Å². The van der Waals surface area contributed by atoms with Crippen LogP contribution in [0.5, 0.6) is 0 Å². The third kappa shape index (κ3) is 4.06. The summed E-state index contributed by atoms with van der Waals surface area (Å²) in [6.45, 7) is 1.41. The summed E-state index contributed by atoms with van der Waals surface area (Å²) >= 11 is 0. The Labute approximate surface area is 115 Å². The number of hydrogen-bond acceptors (Lipinski definition) is 2. The molecule has 0 spiro atoms. The number of rotatable bonds is 5. The molecule has 0 unspecified atom stereocenters. The Kier molecular flexibility index (Phi) is 4.97. The van der Waals surface area contributed by atoms with E-state index in [1.54, 1.807) is 0 Å². The zero-order valence-corrected chi connectivity index (χ0v) is 11.5. The highest BCUT2D eigenvalue weighted by atomic mass is 16.1. The standard InChI is InChI=1S/C16H24N2O/c17-12-16(9-5-2-6-10-16)13-18-15(19)11-14-7-3-1-4-8-14/h1,3-4,7-8H,2,5-6,9-13,17H2,(H,18,19). The van der Waals surface area contributed by atoms with E-state index in [-0.39, 0.29) is 11.3 Å². The van der Waals surface area contributed by atoms with E-state index >= 15 is 0 Å². The van der Waals surface area contributed by atoms with Gasteiger partial charge >= 0.3 is 0 Å². The van der Waals surface area contributed by atoms with Crippen LogP contribution in [-0.4, -0.2) is 19.0 Å². The molecule has 1 aliphatic rings. The average Bonchev–Trinajstić information content (AvgIpc) is 2.47. The minimum Gasteiger partial charge on any atom is -0.355 e. The molecule has 2 rings (SSSR count). The fourth-order valence-electron chi connectivity index (χ4n) is 2.88. The number of benzene rings is 1. The zero-order chi connectivity index (χ0) is 13.6. The first kappa shape index (κ1) is 14.1. The van der Waals surface area contributed by atoms with E-state index in [4.69, 9.17) is 5.73 Å². The summed E-state index contributed by atoms with van der Waals surface area (Å²) in [5, 5.41) is 3.07. The molecule has 1 amide bonds. The Hall–Kier alpha value is -1.35. The maximum atomic E-state index is 12.0. The molecule has 0 saturated heterocycles. The highest BCUT2D eigenvalue weighted by Crippen LogP contribution is 2.34. The molecule has 1 aliphatic carbocycles. The van der Waals surface area contributed by atoms with Crippen LogP contribution in [-0.2, 0) is 11.2 Å². The first-order chi connectivity index (χ1) is 9.24. The molecule has 0 bridgehead atoms. The van der Waals surface area contributed by atoms with Gasteiger partial charge in [-0.1, -0.05) is 49.6 Å². The number of nitrogens with one attached hydrogen (secondary N) is 1. The Morgan fingerprint density at radius 1 is 1.16 bits per heavy atom. The summed E-state index contributed by atoms with van der Waals surface area (Å²) in [5.74, 6) is 0.101. The van der Waals surface area contributed by atoms with Gasteiger partial charge in [0.15, 0.2) is 0 Å². The second-order valence-electron chi connectivity index (χ2n) is 5.70. The van der Waals surface area contributed by atoms with Gasteiger partial charge in [-0.3, -0.25) is 4.79 Å². The monoisotopic (exact) mass is 260 g/mol. The number of carbonyl (C=O) groups is 1. The molecule has 0 atom stereocenters. The summed E-state index contributed by atoms with van der Waals surface area (Å²) in [6, 6.07) is 9.86. The van der Waals surface area contributed by atoms with Crippen molar-refractivity contribution >= 4 is 5.91 Å². The van der Waals surface area contributed by atoms with Gasteiger partial charge in [-0.15, -0.1) is 0 Å². The van der Waals surface area contributed by atoms with Crippen molar-refractivity contribution in [2.24, 2.45) is 11.1 Å². The summed E-state index contributed by atoms with van der Waals surface area (Å²) in [7, 11) is 0. The van der Waals surface area contributed by atoms with E-state index in [0.717, 1.165) is 24.9 Å². The molecule has 3 N–H and O–H groups in total. The smallest absolute Gasteiger partial charge is 0.224 e. The van der Waals surface area contributed by atoms with Gasteiger partial charge in [0.05, 0.1) is 6.42 Å². The molecule has 3 heteroatoms. The molecule has 1 fully saturated rings. The SMILES string of the molecule is NCC1(CNC(=O)Cc2ccccc2)CCCCC1. The fraction of sp³-hybridized carbons (Fsp3) is 0.562. The van der Waals surface area contributed by atoms with E-state index in [1.807, 2.05) is 30.3 Å². The van der Waals surface area contributed by atoms with Crippen LogP contribution in [0.2, 0.25) is 0 Å². The molecule has 1 saturated carbocycles. The maximum absolute atomic E-state index is 12.0. The van der Waals surface area contributed by atoms with Crippen molar-refractivity contribution in [1.29, 1.82) is 0 Å². The predicted molar refractivity (Wildman–Crippen MR) is 77.7 cm³/mol. The van der Waals surface area contributed by atoms with Crippen LogP contribution in [0.4, 0.5) is 0 Å². The summed E-state index contributed by atoms with van der Waals surface area (Å²) in [4.78, 5) is 12.0. The highest BCUT2D eigenvalue weighted by molar-refractivity contribution is 5.78. The van der Waals surface area contributed by atoms with Crippen molar-refractivity contribution in [1.82, 2.24) is 5.32 Å². The highest BCUT2D eigenvalue weighted by Gasteiger charge is 2.30. The van der Waals surface area contributed by atoms with Gasteiger partial charge in [0.25, 0.3) is 0 Å². The fourth-order valence-corrected chi connectivity index (χ4v) is 2.88. The van der Waals surface area contributed by atoms with Gasteiger partial charge in [-0.25, -0.2) is 0 Å². The van der Waals surface area contributed by atoms with Crippen molar-refractivity contribution in [2.75, 3.05) is 13.1 Å². The minimum atomic E-state index is 0.101. The molecule has 19 heavy (non-hydrogen) atoms. The summed E-state index contributed by atoms with van der Waals surface area (Å²) in [5.41, 5.74) is 7.13. The van der Waals surface area contributed by atoms with Crippen LogP contribution < -0.4 is 11.1 Å². The molecule has 1 aromatic rings. The second-order valence-corrected chi connectivity index (χ2v) is 5.70. The van der Waals surface area contributed by atoms with Gasteiger partial charge in [-0.2, -0.15) is 0 Å². The molecule has 3 nitrogen and oxygen atoms in total. The van der Waals surface area contributed by atoms with Gasteiger partial charge in [-0.05, 0) is 30.4 Å². The normalized spacial score (nSPS) is 17.9. The van der Waals surface area contributed by atoms with E-state index in [9.17, 15) is 4.79 Å². The first-order valence-corrected chi connectivity index (χ1v) is 7.25. The molecule has 1 aromatic carbocycles. The van der Waals surface area contributed by atoms with E-state index in [0.29, 0.717) is 13.0 Å². The Morgan fingerprint density at radius 2 is 1.84 bits per heavy atom. The molecule has 0 heterocycles. The van der Waals surface area contributed by atoms with Crippen molar-refractivity contribution in [3.63, 3.8) is 0 Å². The van der Waals surface area contributed by atoms with Crippen LogP contribution in [0.25, 0.3) is 0 Å². The Balaban J connectivity index is 1.82. The van der Waals surface area contributed by atoms with Crippen LogP contribution in [0, 0.1) is 5.41 Å². The van der Waals surface area contributed by atoms with Gasteiger partial charge < -0.3 is 11.1 Å². The largest absolute Gasteiger partial charge is 0.355 e. The van der Waals surface area contributed by atoms with E-state index < -0.39 is 0 Å². The molecule has 104 valence electrons. The van der Waals surface area contributed by atoms with E-state index in [2.05, 4.69) is 5.32 Å². The molecule has 0 radical (unpaired) electrons. The predicted octanol–water partition coefficient (Wildman–Crippen LogP) is 2.25. The third-order valence-electron chi connectivity index (χ3n) is 4.22. The first-order valence-electron chi connectivity index (χ1n) is 7.25. The lowest BCUT2D eigenvalue weighted by Crippen LogP contribution is -2.44. The van der Waals surface area contributed by atoms with Crippen molar-refractivity contribution in [2.45, 2.75) is 38.5 Å². The van der Waals surface area contributed by atoms with Crippen LogP contribution in [0.1, 0.15) is 37.7 Å². The van der Waals surface area contributed by atoms with Crippen LogP contribution in [0.3, 0.4) is 0 Å².